The van der Waals surface area contributed by atoms with Crippen molar-refractivity contribution in [1.82, 2.24) is 5.32 Å². The second-order valence-electron chi connectivity index (χ2n) is 3.96. The molecule has 0 saturated carbocycles. The molecule has 0 fully saturated rings. The van der Waals surface area contributed by atoms with E-state index >= 15 is 0 Å². The summed E-state index contributed by atoms with van der Waals surface area (Å²) in [6.45, 7) is 0.558. The standard InChI is InChI=1S/C14H12ClF2N/c1-18-8-9-2-3-10(16)6-12(9)13-7-11(17)4-5-14(13)15/h2-7,18H,8H2,1H3. The van der Waals surface area contributed by atoms with Crippen molar-refractivity contribution >= 4 is 11.6 Å². The van der Waals surface area contributed by atoms with Gasteiger partial charge >= 0.3 is 0 Å². The number of rotatable bonds is 3. The van der Waals surface area contributed by atoms with Crippen molar-refractivity contribution in [2.75, 3.05) is 7.05 Å². The van der Waals surface area contributed by atoms with Crippen LogP contribution in [-0.2, 0) is 6.54 Å². The maximum atomic E-state index is 13.3. The van der Waals surface area contributed by atoms with Crippen LogP contribution in [0.25, 0.3) is 11.1 Å². The quantitative estimate of drug-likeness (QED) is 0.886. The highest BCUT2D eigenvalue weighted by Crippen LogP contribution is 2.31. The van der Waals surface area contributed by atoms with Gasteiger partial charge in [-0.2, -0.15) is 0 Å². The summed E-state index contributed by atoms with van der Waals surface area (Å²) in [5, 5.41) is 3.39. The fourth-order valence-corrected chi connectivity index (χ4v) is 2.07. The molecule has 0 aliphatic rings. The molecule has 0 aliphatic carbocycles. The van der Waals surface area contributed by atoms with Gasteiger partial charge in [-0.1, -0.05) is 17.7 Å². The van der Waals surface area contributed by atoms with E-state index in [9.17, 15) is 8.78 Å². The molecule has 0 heterocycles. The van der Waals surface area contributed by atoms with Crippen LogP contribution in [0.15, 0.2) is 36.4 Å². The summed E-state index contributed by atoms with van der Waals surface area (Å²) in [6.07, 6.45) is 0. The Morgan fingerprint density at radius 1 is 1.00 bits per heavy atom. The van der Waals surface area contributed by atoms with Crippen LogP contribution < -0.4 is 5.32 Å². The lowest BCUT2D eigenvalue weighted by Crippen LogP contribution is -2.06. The first kappa shape index (κ1) is 13.0. The summed E-state index contributed by atoms with van der Waals surface area (Å²) in [7, 11) is 1.79. The lowest BCUT2D eigenvalue weighted by atomic mass is 9.99. The van der Waals surface area contributed by atoms with E-state index in [-0.39, 0.29) is 5.82 Å². The Kier molecular flexibility index (Phi) is 3.94. The fourth-order valence-electron chi connectivity index (χ4n) is 1.85. The van der Waals surface area contributed by atoms with Gasteiger partial charge in [-0.25, -0.2) is 8.78 Å². The van der Waals surface area contributed by atoms with Crippen LogP contribution >= 0.6 is 11.6 Å². The Labute approximate surface area is 109 Å². The third-order valence-electron chi connectivity index (χ3n) is 2.66. The maximum absolute atomic E-state index is 13.3. The van der Waals surface area contributed by atoms with Crippen molar-refractivity contribution in [3.05, 3.63) is 58.6 Å². The van der Waals surface area contributed by atoms with E-state index < -0.39 is 5.82 Å². The normalized spacial score (nSPS) is 10.7. The third kappa shape index (κ3) is 2.68. The van der Waals surface area contributed by atoms with Gasteiger partial charge in [0.15, 0.2) is 0 Å². The van der Waals surface area contributed by atoms with Gasteiger partial charge in [0.25, 0.3) is 0 Å². The van der Waals surface area contributed by atoms with E-state index in [0.29, 0.717) is 22.7 Å². The van der Waals surface area contributed by atoms with E-state index in [4.69, 9.17) is 11.6 Å². The predicted molar refractivity (Wildman–Crippen MR) is 69.6 cm³/mol. The van der Waals surface area contributed by atoms with Crippen LogP contribution in [0, 0.1) is 11.6 Å². The smallest absolute Gasteiger partial charge is 0.123 e. The highest BCUT2D eigenvalue weighted by molar-refractivity contribution is 6.33. The van der Waals surface area contributed by atoms with E-state index in [1.807, 2.05) is 0 Å². The van der Waals surface area contributed by atoms with Crippen molar-refractivity contribution in [3.8, 4) is 11.1 Å². The Morgan fingerprint density at radius 3 is 2.28 bits per heavy atom. The monoisotopic (exact) mass is 267 g/mol. The number of hydrogen-bond acceptors (Lipinski definition) is 1. The minimum Gasteiger partial charge on any atom is -0.316 e. The Bertz CT molecular complexity index is 570. The molecule has 18 heavy (non-hydrogen) atoms. The minimum absolute atomic E-state index is 0.370. The maximum Gasteiger partial charge on any atom is 0.123 e. The molecule has 1 N–H and O–H groups in total. The van der Waals surface area contributed by atoms with Crippen LogP contribution in [0.3, 0.4) is 0 Å². The van der Waals surface area contributed by atoms with Gasteiger partial charge in [-0.3, -0.25) is 0 Å². The molecule has 0 aromatic heterocycles. The zero-order valence-corrected chi connectivity index (χ0v) is 10.6. The molecule has 1 nitrogen and oxygen atoms in total. The lowest BCUT2D eigenvalue weighted by molar-refractivity contribution is 0.625. The third-order valence-corrected chi connectivity index (χ3v) is 2.99. The molecule has 0 aliphatic heterocycles. The molecule has 0 bridgehead atoms. The van der Waals surface area contributed by atoms with E-state index in [1.165, 1.54) is 30.3 Å². The Balaban J connectivity index is 2.61. The number of hydrogen-bond donors (Lipinski definition) is 1. The van der Waals surface area contributed by atoms with Crippen molar-refractivity contribution < 1.29 is 8.78 Å². The van der Waals surface area contributed by atoms with Crippen molar-refractivity contribution in [3.63, 3.8) is 0 Å². The van der Waals surface area contributed by atoms with Gasteiger partial charge in [0.1, 0.15) is 11.6 Å². The summed E-state index contributed by atoms with van der Waals surface area (Å²) in [4.78, 5) is 0. The molecule has 0 unspecified atom stereocenters. The van der Waals surface area contributed by atoms with Gasteiger partial charge in [0.05, 0.1) is 0 Å². The molecule has 0 saturated heterocycles. The summed E-state index contributed by atoms with van der Waals surface area (Å²) in [5.74, 6) is -0.765. The zero-order chi connectivity index (χ0) is 13.1. The number of nitrogens with one attached hydrogen (secondary N) is 1. The zero-order valence-electron chi connectivity index (χ0n) is 9.81. The Morgan fingerprint density at radius 2 is 1.61 bits per heavy atom. The van der Waals surface area contributed by atoms with Crippen LogP contribution in [0.5, 0.6) is 0 Å². The molecule has 0 radical (unpaired) electrons. The van der Waals surface area contributed by atoms with E-state index in [0.717, 1.165) is 5.56 Å². The predicted octanol–water partition coefficient (Wildman–Crippen LogP) is 4.00. The first-order chi connectivity index (χ1) is 8.61. The van der Waals surface area contributed by atoms with Gasteiger partial charge in [0.2, 0.25) is 0 Å². The molecule has 2 aromatic carbocycles. The molecule has 0 amide bonds. The van der Waals surface area contributed by atoms with Gasteiger partial charge in [-0.15, -0.1) is 0 Å². The highest BCUT2D eigenvalue weighted by atomic mass is 35.5. The molecular formula is C14H12ClF2N. The Hall–Kier alpha value is -1.45. The average molecular weight is 268 g/mol. The van der Waals surface area contributed by atoms with E-state index in [1.54, 1.807) is 13.1 Å². The second-order valence-corrected chi connectivity index (χ2v) is 4.36. The van der Waals surface area contributed by atoms with Gasteiger partial charge in [0, 0.05) is 17.1 Å². The van der Waals surface area contributed by atoms with Crippen LogP contribution in [0.2, 0.25) is 5.02 Å². The molecule has 2 rings (SSSR count). The summed E-state index contributed by atoms with van der Waals surface area (Å²) >= 11 is 6.05. The van der Waals surface area contributed by atoms with Crippen molar-refractivity contribution in [1.29, 1.82) is 0 Å². The lowest BCUT2D eigenvalue weighted by Gasteiger charge is -2.11. The minimum atomic E-state index is -0.394. The number of halogens is 3. The largest absolute Gasteiger partial charge is 0.316 e. The SMILES string of the molecule is CNCc1ccc(F)cc1-c1cc(F)ccc1Cl. The fraction of sp³-hybridized carbons (Fsp3) is 0.143. The molecule has 0 atom stereocenters. The molecule has 2 aromatic rings. The molecule has 94 valence electrons. The first-order valence-electron chi connectivity index (χ1n) is 5.50. The topological polar surface area (TPSA) is 12.0 Å². The van der Waals surface area contributed by atoms with Gasteiger partial charge in [-0.05, 0) is 48.5 Å². The first-order valence-corrected chi connectivity index (χ1v) is 5.88. The summed E-state index contributed by atoms with van der Waals surface area (Å²) < 4.78 is 26.6. The summed E-state index contributed by atoms with van der Waals surface area (Å²) in [5.41, 5.74) is 1.97. The molecular weight excluding hydrogens is 256 g/mol. The average Bonchev–Trinajstić information content (AvgIpc) is 2.35. The molecule has 4 heteroatoms. The van der Waals surface area contributed by atoms with Crippen LogP contribution in [-0.4, -0.2) is 7.05 Å². The van der Waals surface area contributed by atoms with E-state index in [2.05, 4.69) is 5.32 Å². The summed E-state index contributed by atoms with van der Waals surface area (Å²) in [6, 6.07) is 8.48. The second kappa shape index (κ2) is 5.46. The molecule has 0 spiro atoms. The van der Waals surface area contributed by atoms with Crippen molar-refractivity contribution in [2.24, 2.45) is 0 Å². The van der Waals surface area contributed by atoms with Gasteiger partial charge < -0.3 is 5.32 Å². The van der Waals surface area contributed by atoms with Crippen LogP contribution in [0.1, 0.15) is 5.56 Å². The highest BCUT2D eigenvalue weighted by Gasteiger charge is 2.10. The van der Waals surface area contributed by atoms with Crippen LogP contribution in [0.4, 0.5) is 8.78 Å². The number of benzene rings is 2. The van der Waals surface area contributed by atoms with Crippen molar-refractivity contribution in [2.45, 2.75) is 6.54 Å².